The minimum atomic E-state index is 0.0883. The molecule has 2 aliphatic carbocycles. The Morgan fingerprint density at radius 2 is 1.50 bits per heavy atom. The Morgan fingerprint density at radius 3 is 2.00 bits per heavy atom. The van der Waals surface area contributed by atoms with Crippen molar-refractivity contribution in [1.82, 2.24) is 0 Å². The van der Waals surface area contributed by atoms with Crippen LogP contribution in [-0.4, -0.2) is 16.1 Å². The van der Waals surface area contributed by atoms with Crippen molar-refractivity contribution in [3.05, 3.63) is 12.2 Å². The molecule has 0 N–H and O–H groups in total. The first-order chi connectivity index (χ1) is 14.2. The molecule has 176 valence electrons. The molecule has 0 aliphatic heterocycles. The summed E-state index contributed by atoms with van der Waals surface area (Å²) in [6, 6.07) is 0. The summed E-state index contributed by atoms with van der Waals surface area (Å²) < 4.78 is 6.58. The van der Waals surface area contributed by atoms with Gasteiger partial charge in [-0.1, -0.05) is 73.5 Å². The van der Waals surface area contributed by atoms with Crippen LogP contribution in [0.25, 0.3) is 0 Å². The molecule has 0 radical (unpaired) electrons. The number of hydrogen-bond donors (Lipinski definition) is 0. The fourth-order valence-electron chi connectivity index (χ4n) is 7.82. The van der Waals surface area contributed by atoms with Crippen LogP contribution < -0.4 is 0 Å². The lowest BCUT2D eigenvalue weighted by Gasteiger charge is -2.62. The first kappa shape index (κ1) is 26.2. The van der Waals surface area contributed by atoms with Gasteiger partial charge >= 0.3 is 0 Å². The van der Waals surface area contributed by atoms with Crippen molar-refractivity contribution in [3.63, 3.8) is 0 Å². The predicted molar refractivity (Wildman–Crippen MR) is 137 cm³/mol. The highest BCUT2D eigenvalue weighted by molar-refractivity contribution is 5.98. The second-order valence-electron chi connectivity index (χ2n) is 11.8. The van der Waals surface area contributed by atoms with E-state index in [1.807, 2.05) is 0 Å². The van der Waals surface area contributed by atoms with Crippen LogP contribution in [0, 0.1) is 40.9 Å². The molecule has 2 heteroatoms. The molecule has 0 amide bonds. The van der Waals surface area contributed by atoms with Gasteiger partial charge in [-0.05, 0) is 93.3 Å². The highest BCUT2D eigenvalue weighted by Crippen LogP contribution is 2.60. The van der Waals surface area contributed by atoms with Gasteiger partial charge in [-0.15, -0.1) is 0 Å². The molecule has 1 nitrogen and oxygen atoms in total. The number of rotatable bonds is 10. The Bertz CT molecular complexity index is 507. The molecule has 0 bridgehead atoms. The second-order valence-corrected chi connectivity index (χ2v) is 12.2. The fourth-order valence-corrected chi connectivity index (χ4v) is 8.87. The molecule has 2 saturated carbocycles. The molecular formula is C28H54OSi. The van der Waals surface area contributed by atoms with E-state index in [4.69, 9.17) is 4.43 Å². The van der Waals surface area contributed by atoms with Gasteiger partial charge in [0, 0.05) is 5.41 Å². The summed E-state index contributed by atoms with van der Waals surface area (Å²) in [7, 11) is 0.852. The van der Waals surface area contributed by atoms with E-state index < -0.39 is 0 Å². The predicted octanol–water partition coefficient (Wildman–Crippen LogP) is 7.72. The summed E-state index contributed by atoms with van der Waals surface area (Å²) in [5.74, 6) is 4.69. The SMILES string of the molecule is CCCC1CCC(C=CCCC2CCC(O[SiH3])(C(C)C)C(C(C)C)(C(C)C)C2)CC1. The lowest BCUT2D eigenvalue weighted by molar-refractivity contribution is -0.180. The zero-order chi connectivity index (χ0) is 22.4. The summed E-state index contributed by atoms with van der Waals surface area (Å²) in [4.78, 5) is 0. The Balaban J connectivity index is 1.96. The van der Waals surface area contributed by atoms with Gasteiger partial charge in [0.15, 0.2) is 0 Å². The van der Waals surface area contributed by atoms with Gasteiger partial charge in [0.2, 0.25) is 0 Å². The largest absolute Gasteiger partial charge is 0.422 e. The van der Waals surface area contributed by atoms with Gasteiger partial charge < -0.3 is 4.43 Å². The Kier molecular flexibility index (Phi) is 10.2. The molecule has 0 heterocycles. The quantitative estimate of drug-likeness (QED) is 0.252. The monoisotopic (exact) mass is 434 g/mol. The summed E-state index contributed by atoms with van der Waals surface area (Å²) >= 11 is 0. The van der Waals surface area contributed by atoms with Crippen molar-refractivity contribution in [2.45, 2.75) is 125 Å². The van der Waals surface area contributed by atoms with Crippen molar-refractivity contribution < 1.29 is 4.43 Å². The van der Waals surface area contributed by atoms with Crippen LogP contribution >= 0.6 is 0 Å². The molecule has 2 aliphatic rings. The third-order valence-corrected chi connectivity index (χ3v) is 10.2. The fraction of sp³-hybridized carbons (Fsp3) is 0.929. The third-order valence-electron chi connectivity index (χ3n) is 9.43. The highest BCUT2D eigenvalue weighted by atomic mass is 28.2. The topological polar surface area (TPSA) is 9.23 Å². The van der Waals surface area contributed by atoms with Crippen molar-refractivity contribution in [2.75, 3.05) is 0 Å². The average molecular weight is 435 g/mol. The molecule has 30 heavy (non-hydrogen) atoms. The van der Waals surface area contributed by atoms with E-state index in [1.165, 1.54) is 70.6 Å². The molecule has 2 unspecified atom stereocenters. The van der Waals surface area contributed by atoms with E-state index in [0.717, 1.165) is 28.2 Å². The highest BCUT2D eigenvalue weighted by Gasteiger charge is 2.58. The Hall–Kier alpha value is -0.0831. The van der Waals surface area contributed by atoms with Gasteiger partial charge in [0.1, 0.15) is 10.5 Å². The first-order valence-corrected chi connectivity index (χ1v) is 14.3. The molecule has 0 aromatic heterocycles. The van der Waals surface area contributed by atoms with Crippen LogP contribution in [0.5, 0.6) is 0 Å². The summed E-state index contributed by atoms with van der Waals surface area (Å²) in [5, 5.41) is 0. The molecule has 2 fully saturated rings. The van der Waals surface area contributed by atoms with Crippen molar-refractivity contribution in [1.29, 1.82) is 0 Å². The maximum atomic E-state index is 6.58. The van der Waals surface area contributed by atoms with E-state index >= 15 is 0 Å². The van der Waals surface area contributed by atoms with Crippen molar-refractivity contribution in [2.24, 2.45) is 40.9 Å². The molecule has 2 atom stereocenters. The van der Waals surface area contributed by atoms with Crippen molar-refractivity contribution in [3.8, 4) is 0 Å². The van der Waals surface area contributed by atoms with Gasteiger partial charge in [0.05, 0.1) is 5.60 Å². The van der Waals surface area contributed by atoms with E-state index in [2.05, 4.69) is 60.6 Å². The van der Waals surface area contributed by atoms with Crippen LogP contribution in [0.1, 0.15) is 119 Å². The summed E-state index contributed by atoms with van der Waals surface area (Å²) in [6.45, 7) is 17.0. The Morgan fingerprint density at radius 1 is 0.867 bits per heavy atom. The first-order valence-electron chi connectivity index (χ1n) is 13.4. The molecule has 0 aromatic rings. The standard InChI is InChI=1S/C28H54OSi/c1-8-11-24-14-16-25(17-15-24)12-9-10-13-26-18-19-28(29-30,23(6)7)27(20-26,21(2)3)22(4)5/h9,12,21-26H,8,10-11,13-20H2,1-7,30H3. The maximum Gasteiger partial charge on any atom is 0.146 e. The van der Waals surface area contributed by atoms with Crippen molar-refractivity contribution >= 4 is 10.5 Å². The Labute approximate surface area is 192 Å². The van der Waals surface area contributed by atoms with Gasteiger partial charge in [-0.25, -0.2) is 0 Å². The molecular weight excluding hydrogens is 380 g/mol. The molecule has 0 spiro atoms. The van der Waals surface area contributed by atoms with Gasteiger partial charge in [-0.3, -0.25) is 0 Å². The molecule has 0 saturated heterocycles. The van der Waals surface area contributed by atoms with E-state index in [0.29, 0.717) is 23.2 Å². The lowest BCUT2D eigenvalue weighted by atomic mass is 9.48. The summed E-state index contributed by atoms with van der Waals surface area (Å²) in [6.07, 6.45) is 20.4. The van der Waals surface area contributed by atoms with Crippen LogP contribution in [0.15, 0.2) is 12.2 Å². The third kappa shape index (κ3) is 5.45. The summed E-state index contributed by atoms with van der Waals surface area (Å²) in [5.41, 5.74) is 0.401. The normalized spacial score (nSPS) is 32.7. The van der Waals surface area contributed by atoms with E-state index in [-0.39, 0.29) is 5.60 Å². The number of allylic oxidation sites excluding steroid dienone is 2. The van der Waals surface area contributed by atoms with E-state index in [1.54, 1.807) is 0 Å². The van der Waals surface area contributed by atoms with Crippen LogP contribution in [0.4, 0.5) is 0 Å². The second kappa shape index (κ2) is 11.7. The van der Waals surface area contributed by atoms with Crippen LogP contribution in [0.2, 0.25) is 0 Å². The van der Waals surface area contributed by atoms with E-state index in [9.17, 15) is 0 Å². The molecule has 2 rings (SSSR count). The van der Waals surface area contributed by atoms with Crippen LogP contribution in [0.3, 0.4) is 0 Å². The number of hydrogen-bond acceptors (Lipinski definition) is 1. The van der Waals surface area contributed by atoms with Gasteiger partial charge in [0.25, 0.3) is 0 Å². The zero-order valence-corrected chi connectivity index (χ0v) is 23.8. The molecule has 0 aromatic carbocycles. The zero-order valence-electron chi connectivity index (χ0n) is 21.8. The lowest BCUT2D eigenvalue weighted by Crippen LogP contribution is -2.62. The van der Waals surface area contributed by atoms with Gasteiger partial charge in [-0.2, -0.15) is 0 Å². The van der Waals surface area contributed by atoms with Crippen LogP contribution in [-0.2, 0) is 4.43 Å². The smallest absolute Gasteiger partial charge is 0.146 e. The minimum Gasteiger partial charge on any atom is -0.422 e. The average Bonchev–Trinajstić information content (AvgIpc) is 2.71. The maximum absolute atomic E-state index is 6.58. The minimum absolute atomic E-state index is 0.0883.